The van der Waals surface area contributed by atoms with Gasteiger partial charge in [-0.15, -0.1) is 0 Å². The Morgan fingerprint density at radius 3 is 3.38 bits per heavy atom. The third-order valence-electron chi connectivity index (χ3n) is 1.43. The summed E-state index contributed by atoms with van der Waals surface area (Å²) in [6.07, 6.45) is 2.97. The molecule has 3 nitrogen and oxygen atoms in total. The van der Waals surface area contributed by atoms with Crippen LogP contribution in [-0.2, 0) is 9.57 Å². The number of rotatable bonds is 0. The fraction of sp³-hybridized carbons (Fsp3) is 0.800. The highest BCUT2D eigenvalue weighted by Crippen LogP contribution is 2.19. The first-order valence-electron chi connectivity index (χ1n) is 2.66. The Kier molecular flexibility index (Phi) is 0.784. The predicted molar refractivity (Wildman–Crippen MR) is 26.6 cm³/mol. The molecule has 0 aromatic rings. The second-order valence-electron chi connectivity index (χ2n) is 2.01. The Labute approximate surface area is 47.3 Å². The maximum atomic E-state index is 5.06. The number of hydrogen-bond donors (Lipinski definition) is 0. The first-order valence-corrected chi connectivity index (χ1v) is 2.66. The number of fused-ring (bicyclic) bond motifs is 1. The molecule has 2 heterocycles. The molecule has 8 heavy (non-hydrogen) atoms. The van der Waals surface area contributed by atoms with Crippen molar-refractivity contribution in [2.24, 2.45) is 11.1 Å². The second-order valence-corrected chi connectivity index (χ2v) is 2.01. The van der Waals surface area contributed by atoms with Gasteiger partial charge in [-0.05, 0) is 0 Å². The van der Waals surface area contributed by atoms with Crippen LogP contribution in [0.2, 0.25) is 0 Å². The van der Waals surface area contributed by atoms with E-state index in [1.807, 2.05) is 0 Å². The van der Waals surface area contributed by atoms with Crippen LogP contribution in [0.3, 0.4) is 0 Å². The summed E-state index contributed by atoms with van der Waals surface area (Å²) < 4.78 is 5.06. The summed E-state index contributed by atoms with van der Waals surface area (Å²) in [5, 5.41) is 3.54. The minimum Gasteiger partial charge on any atom is -0.389 e. The standard InChI is InChI=1S/C5H6NO2/c1-4-2-7-3-5(4)8-6-1/h4-5H,2-3H2. The average Bonchev–Trinajstić information content (AvgIpc) is 2.15. The molecule has 1 fully saturated rings. The normalized spacial score (nSPS) is 42.0. The lowest BCUT2D eigenvalue weighted by Crippen LogP contribution is -2.14. The van der Waals surface area contributed by atoms with E-state index in [1.54, 1.807) is 0 Å². The fourth-order valence-corrected chi connectivity index (χ4v) is 0.925. The van der Waals surface area contributed by atoms with Gasteiger partial charge in [0.05, 0.1) is 19.1 Å². The summed E-state index contributed by atoms with van der Waals surface area (Å²) in [7, 11) is 0. The molecule has 0 saturated carbocycles. The molecular formula is C5H6NO2. The van der Waals surface area contributed by atoms with E-state index in [1.165, 1.54) is 0 Å². The zero-order valence-corrected chi connectivity index (χ0v) is 4.33. The zero-order valence-electron chi connectivity index (χ0n) is 4.33. The van der Waals surface area contributed by atoms with Crippen LogP contribution in [0.25, 0.3) is 0 Å². The molecule has 2 rings (SSSR count). The van der Waals surface area contributed by atoms with Gasteiger partial charge in [0.15, 0.2) is 6.10 Å². The van der Waals surface area contributed by atoms with Crippen molar-refractivity contribution in [3.8, 4) is 0 Å². The van der Waals surface area contributed by atoms with Gasteiger partial charge in [0.2, 0.25) is 0 Å². The van der Waals surface area contributed by atoms with Gasteiger partial charge in [-0.25, -0.2) is 0 Å². The molecule has 0 aromatic carbocycles. The van der Waals surface area contributed by atoms with Crippen molar-refractivity contribution in [2.75, 3.05) is 13.2 Å². The Bertz CT molecular complexity index is 124. The highest BCUT2D eigenvalue weighted by Gasteiger charge is 2.33. The third kappa shape index (κ3) is 0.448. The quantitative estimate of drug-likeness (QED) is 0.438. The molecule has 2 atom stereocenters. The number of ether oxygens (including phenoxy) is 1. The van der Waals surface area contributed by atoms with E-state index in [-0.39, 0.29) is 6.10 Å². The molecule has 43 valence electrons. The molecule has 0 aromatic heterocycles. The van der Waals surface area contributed by atoms with Crippen LogP contribution < -0.4 is 0 Å². The lowest BCUT2D eigenvalue weighted by Gasteiger charge is -1.99. The van der Waals surface area contributed by atoms with Crippen molar-refractivity contribution in [1.29, 1.82) is 0 Å². The van der Waals surface area contributed by atoms with Gasteiger partial charge >= 0.3 is 0 Å². The molecule has 2 unspecified atom stereocenters. The molecule has 0 aliphatic carbocycles. The van der Waals surface area contributed by atoms with Gasteiger partial charge < -0.3 is 9.57 Å². The lowest BCUT2D eigenvalue weighted by molar-refractivity contribution is 0.0559. The Balaban J connectivity index is 2.13. The van der Waals surface area contributed by atoms with Crippen molar-refractivity contribution < 1.29 is 9.57 Å². The van der Waals surface area contributed by atoms with Crippen molar-refractivity contribution >= 4 is 6.21 Å². The first-order chi connectivity index (χ1) is 3.97. The molecule has 0 amide bonds. The Morgan fingerprint density at radius 2 is 2.50 bits per heavy atom. The average molecular weight is 112 g/mol. The highest BCUT2D eigenvalue weighted by molar-refractivity contribution is 5.63. The summed E-state index contributed by atoms with van der Waals surface area (Å²) in [5.74, 6) is 0.315. The van der Waals surface area contributed by atoms with Crippen LogP contribution in [0.4, 0.5) is 0 Å². The van der Waals surface area contributed by atoms with Crippen molar-refractivity contribution in [3.63, 3.8) is 0 Å². The van der Waals surface area contributed by atoms with E-state index in [4.69, 9.17) is 9.57 Å². The van der Waals surface area contributed by atoms with Gasteiger partial charge in [-0.1, -0.05) is 5.16 Å². The SMILES string of the molecule is [C]1=NOC2COCC12. The molecule has 1 radical (unpaired) electrons. The van der Waals surface area contributed by atoms with Crippen molar-refractivity contribution in [3.05, 3.63) is 0 Å². The fourth-order valence-electron chi connectivity index (χ4n) is 0.925. The summed E-state index contributed by atoms with van der Waals surface area (Å²) in [6, 6.07) is 0. The van der Waals surface area contributed by atoms with Crippen LogP contribution in [0.1, 0.15) is 0 Å². The van der Waals surface area contributed by atoms with Gasteiger partial charge in [0.1, 0.15) is 6.21 Å². The third-order valence-corrected chi connectivity index (χ3v) is 1.43. The maximum Gasteiger partial charge on any atom is 0.161 e. The number of hydrogen-bond acceptors (Lipinski definition) is 3. The summed E-state index contributed by atoms with van der Waals surface area (Å²) in [5.41, 5.74) is 0. The lowest BCUT2D eigenvalue weighted by atomic mass is 10.1. The molecule has 0 spiro atoms. The van der Waals surface area contributed by atoms with Crippen LogP contribution >= 0.6 is 0 Å². The Hall–Kier alpha value is -0.570. The molecule has 2 aliphatic rings. The van der Waals surface area contributed by atoms with E-state index in [0.717, 1.165) is 6.61 Å². The summed E-state index contributed by atoms with van der Waals surface area (Å²) in [6.45, 7) is 1.41. The topological polar surface area (TPSA) is 30.8 Å². The zero-order chi connectivity index (χ0) is 5.40. The molecule has 3 heteroatoms. The van der Waals surface area contributed by atoms with Crippen LogP contribution in [0, 0.1) is 5.92 Å². The van der Waals surface area contributed by atoms with Gasteiger partial charge in [0.25, 0.3) is 0 Å². The first kappa shape index (κ1) is 4.32. The minimum absolute atomic E-state index is 0.176. The van der Waals surface area contributed by atoms with Gasteiger partial charge in [-0.2, -0.15) is 0 Å². The van der Waals surface area contributed by atoms with Crippen LogP contribution in [0.15, 0.2) is 5.16 Å². The second kappa shape index (κ2) is 1.45. The summed E-state index contributed by atoms with van der Waals surface area (Å²) in [4.78, 5) is 4.87. The minimum atomic E-state index is 0.176. The van der Waals surface area contributed by atoms with Gasteiger partial charge in [-0.3, -0.25) is 0 Å². The largest absolute Gasteiger partial charge is 0.389 e. The molecule has 1 saturated heterocycles. The smallest absolute Gasteiger partial charge is 0.161 e. The van der Waals surface area contributed by atoms with E-state index < -0.39 is 0 Å². The maximum absolute atomic E-state index is 5.06. The molecule has 0 N–H and O–H groups in total. The predicted octanol–water partition coefficient (Wildman–Crippen LogP) is -0.106. The summed E-state index contributed by atoms with van der Waals surface area (Å²) >= 11 is 0. The van der Waals surface area contributed by atoms with E-state index >= 15 is 0 Å². The van der Waals surface area contributed by atoms with Crippen molar-refractivity contribution in [1.82, 2.24) is 0 Å². The number of nitrogens with zero attached hydrogens (tertiary/aromatic N) is 1. The van der Waals surface area contributed by atoms with E-state index in [0.29, 0.717) is 12.5 Å². The molecule has 0 bridgehead atoms. The molecule has 2 aliphatic heterocycles. The Morgan fingerprint density at radius 1 is 1.50 bits per heavy atom. The van der Waals surface area contributed by atoms with E-state index in [9.17, 15) is 0 Å². The van der Waals surface area contributed by atoms with Gasteiger partial charge in [0, 0.05) is 0 Å². The van der Waals surface area contributed by atoms with Crippen molar-refractivity contribution in [2.45, 2.75) is 6.10 Å². The van der Waals surface area contributed by atoms with Crippen LogP contribution in [0.5, 0.6) is 0 Å². The van der Waals surface area contributed by atoms with Crippen LogP contribution in [-0.4, -0.2) is 25.5 Å². The highest BCUT2D eigenvalue weighted by atomic mass is 16.7. The van der Waals surface area contributed by atoms with E-state index in [2.05, 4.69) is 11.4 Å². The molecular weight excluding hydrogens is 106 g/mol. The monoisotopic (exact) mass is 112 g/mol.